The Balaban J connectivity index is 1.37. The van der Waals surface area contributed by atoms with Gasteiger partial charge >= 0.3 is 0 Å². The topological polar surface area (TPSA) is 108 Å². The van der Waals surface area contributed by atoms with Gasteiger partial charge in [-0.1, -0.05) is 26.0 Å². The summed E-state index contributed by atoms with van der Waals surface area (Å²) in [6.45, 7) is 5.56. The van der Waals surface area contributed by atoms with E-state index in [1.807, 2.05) is 18.3 Å². The Bertz CT molecular complexity index is 1190. The highest BCUT2D eigenvalue weighted by atomic mass is 19.1. The van der Waals surface area contributed by atoms with Gasteiger partial charge in [-0.05, 0) is 49.3 Å². The number of benzene rings is 1. The van der Waals surface area contributed by atoms with E-state index in [2.05, 4.69) is 34.5 Å². The number of carbonyl (C=O) groups is 1. The second-order valence-corrected chi connectivity index (χ2v) is 9.48. The zero-order chi connectivity index (χ0) is 23.9. The van der Waals surface area contributed by atoms with Gasteiger partial charge in [-0.3, -0.25) is 4.79 Å². The summed E-state index contributed by atoms with van der Waals surface area (Å²) in [6.07, 6.45) is 4.31. The first kappa shape index (κ1) is 22.5. The number of amides is 1. The molecule has 1 saturated heterocycles. The molecule has 0 bridgehead atoms. The van der Waals surface area contributed by atoms with Crippen molar-refractivity contribution in [3.63, 3.8) is 0 Å². The van der Waals surface area contributed by atoms with E-state index in [0.717, 1.165) is 36.2 Å². The van der Waals surface area contributed by atoms with Crippen molar-refractivity contribution in [2.24, 2.45) is 0 Å². The van der Waals surface area contributed by atoms with Crippen LogP contribution in [0.4, 0.5) is 22.0 Å². The minimum atomic E-state index is -1.70. The third kappa shape index (κ3) is 4.29. The summed E-state index contributed by atoms with van der Waals surface area (Å²) < 4.78 is 15.6. The first-order valence-electron chi connectivity index (χ1n) is 11.8. The number of rotatable bonds is 8. The van der Waals surface area contributed by atoms with Crippen LogP contribution in [0.2, 0.25) is 0 Å². The average molecular weight is 468 g/mol. The summed E-state index contributed by atoms with van der Waals surface area (Å²) in [5.41, 5.74) is 1.64. The zero-order valence-corrected chi connectivity index (χ0v) is 19.5. The van der Waals surface area contributed by atoms with Crippen molar-refractivity contribution in [2.45, 2.75) is 63.7 Å². The van der Waals surface area contributed by atoms with Crippen molar-refractivity contribution in [3.05, 3.63) is 41.6 Å². The minimum absolute atomic E-state index is 0.0163. The molecule has 3 N–H and O–H groups in total. The molecular formula is C24H30FN7O2. The van der Waals surface area contributed by atoms with E-state index in [-0.39, 0.29) is 18.6 Å². The van der Waals surface area contributed by atoms with Crippen LogP contribution in [0.25, 0.3) is 5.65 Å². The average Bonchev–Trinajstić information content (AvgIpc) is 3.24. The summed E-state index contributed by atoms with van der Waals surface area (Å²) in [7, 11) is 0. The molecule has 1 aromatic carbocycles. The fourth-order valence-corrected chi connectivity index (χ4v) is 4.29. The van der Waals surface area contributed by atoms with E-state index < -0.39 is 11.6 Å². The number of aliphatic hydroxyl groups excluding tert-OH is 1. The molecule has 1 aliphatic carbocycles. The molecule has 0 radical (unpaired) electrons. The van der Waals surface area contributed by atoms with Gasteiger partial charge in [-0.2, -0.15) is 19.6 Å². The third-order valence-corrected chi connectivity index (χ3v) is 6.61. The molecule has 1 amide bonds. The minimum Gasteiger partial charge on any atom is -0.394 e. The highest BCUT2D eigenvalue weighted by Crippen LogP contribution is 2.40. The normalized spacial score (nSPS) is 19.1. The largest absolute Gasteiger partial charge is 0.394 e. The summed E-state index contributed by atoms with van der Waals surface area (Å²) >= 11 is 0. The van der Waals surface area contributed by atoms with Crippen molar-refractivity contribution < 1.29 is 14.3 Å². The predicted molar refractivity (Wildman–Crippen MR) is 128 cm³/mol. The van der Waals surface area contributed by atoms with E-state index in [1.54, 1.807) is 16.6 Å². The smallest absolute Gasteiger partial charge is 0.262 e. The molecular weight excluding hydrogens is 437 g/mol. The first-order valence-corrected chi connectivity index (χ1v) is 11.8. The fraction of sp³-hybridized carbons (Fsp3) is 0.500. The summed E-state index contributed by atoms with van der Waals surface area (Å²) in [4.78, 5) is 23.5. The number of alkyl halides is 1. The van der Waals surface area contributed by atoms with E-state index >= 15 is 0 Å². The summed E-state index contributed by atoms with van der Waals surface area (Å²) in [6, 6.07) is 7.31. The predicted octanol–water partition coefficient (Wildman–Crippen LogP) is 3.26. The van der Waals surface area contributed by atoms with Crippen molar-refractivity contribution >= 4 is 29.1 Å². The molecule has 2 aliphatic rings. The number of fused-ring (bicyclic) bond motifs is 1. The van der Waals surface area contributed by atoms with Crippen molar-refractivity contribution in [2.75, 3.05) is 28.7 Å². The monoisotopic (exact) mass is 467 g/mol. The van der Waals surface area contributed by atoms with Gasteiger partial charge in [0, 0.05) is 24.3 Å². The van der Waals surface area contributed by atoms with E-state index in [4.69, 9.17) is 9.97 Å². The quantitative estimate of drug-likeness (QED) is 0.467. The summed E-state index contributed by atoms with van der Waals surface area (Å²) in [5.74, 6) is 0.840. The Kier molecular flexibility index (Phi) is 5.85. The Morgan fingerprint density at radius 2 is 2.03 bits per heavy atom. The van der Waals surface area contributed by atoms with E-state index in [0.29, 0.717) is 37.0 Å². The lowest BCUT2D eigenvalue weighted by atomic mass is 10.1. The van der Waals surface area contributed by atoms with Gasteiger partial charge in [-0.25, -0.2) is 4.39 Å². The molecule has 0 unspecified atom stereocenters. The number of aromatic nitrogens is 4. The molecule has 3 heterocycles. The summed E-state index contributed by atoms with van der Waals surface area (Å²) in [5, 5.41) is 20.3. The molecule has 34 heavy (non-hydrogen) atoms. The lowest BCUT2D eigenvalue weighted by Gasteiger charge is -2.23. The van der Waals surface area contributed by atoms with E-state index in [9.17, 15) is 14.3 Å². The second-order valence-electron chi connectivity index (χ2n) is 9.48. The van der Waals surface area contributed by atoms with Crippen LogP contribution < -0.4 is 15.5 Å². The van der Waals surface area contributed by atoms with E-state index in [1.165, 1.54) is 0 Å². The Labute approximate surface area is 197 Å². The van der Waals surface area contributed by atoms with Crippen LogP contribution in [0.5, 0.6) is 0 Å². The van der Waals surface area contributed by atoms with Crippen LogP contribution in [0.15, 0.2) is 30.5 Å². The number of carbonyl (C=O) groups excluding carboxylic acids is 1. The lowest BCUT2D eigenvalue weighted by Crippen LogP contribution is -2.34. The number of aliphatic hydroxyl groups is 1. The van der Waals surface area contributed by atoms with Crippen LogP contribution in [0.1, 0.15) is 56.6 Å². The van der Waals surface area contributed by atoms with Crippen molar-refractivity contribution in [3.8, 4) is 0 Å². The van der Waals surface area contributed by atoms with Crippen molar-refractivity contribution in [1.82, 2.24) is 19.6 Å². The molecule has 180 valence electrons. The molecule has 10 heteroatoms. The molecule has 3 aromatic rings. The maximum atomic E-state index is 13.9. The second kappa shape index (κ2) is 8.83. The van der Waals surface area contributed by atoms with Crippen LogP contribution in [0.3, 0.4) is 0 Å². The number of anilines is 3. The number of hydrogen-bond donors (Lipinski definition) is 3. The molecule has 1 atom stereocenters. The van der Waals surface area contributed by atoms with Gasteiger partial charge in [0.1, 0.15) is 0 Å². The van der Waals surface area contributed by atoms with Gasteiger partial charge in [-0.15, -0.1) is 0 Å². The highest BCUT2D eigenvalue weighted by Gasteiger charge is 2.50. The number of nitrogens with zero attached hydrogens (tertiary/aromatic N) is 5. The Morgan fingerprint density at radius 3 is 2.71 bits per heavy atom. The molecule has 5 rings (SSSR count). The first-order chi connectivity index (χ1) is 16.4. The van der Waals surface area contributed by atoms with Crippen LogP contribution in [-0.2, 0) is 11.3 Å². The van der Waals surface area contributed by atoms with Gasteiger partial charge < -0.3 is 20.6 Å². The number of halogens is 1. The van der Waals surface area contributed by atoms with Crippen LogP contribution in [0, 0.1) is 0 Å². The molecule has 2 fully saturated rings. The van der Waals surface area contributed by atoms with Gasteiger partial charge in [0.2, 0.25) is 11.9 Å². The standard InChI is InChI=1S/C24H30FN7O2/c1-15(2)19-13-27-32-20(19)29-23(31-11-3-4-18(31)14-33)30-22(32)26-12-16-5-7-17(8-6-16)28-21(34)24(25)9-10-24/h5-8,13,15,18,33H,3-4,9-12,14H2,1-2H3,(H,28,34)(H,26,29,30)/t18-/m0/s1. The Morgan fingerprint density at radius 1 is 1.26 bits per heavy atom. The highest BCUT2D eigenvalue weighted by molar-refractivity contribution is 5.99. The van der Waals surface area contributed by atoms with Crippen LogP contribution >= 0.6 is 0 Å². The van der Waals surface area contributed by atoms with Crippen molar-refractivity contribution in [1.29, 1.82) is 0 Å². The van der Waals surface area contributed by atoms with Gasteiger partial charge in [0.15, 0.2) is 11.3 Å². The molecule has 2 aromatic heterocycles. The molecule has 0 spiro atoms. The van der Waals surface area contributed by atoms with Gasteiger partial charge in [0.05, 0.1) is 18.8 Å². The maximum Gasteiger partial charge on any atom is 0.262 e. The molecule has 1 aliphatic heterocycles. The maximum absolute atomic E-state index is 13.9. The lowest BCUT2D eigenvalue weighted by molar-refractivity contribution is -0.122. The SMILES string of the molecule is CC(C)c1cnn2c(NCc3ccc(NC(=O)C4(F)CC4)cc3)nc(N3CCC[C@H]3CO)nc12. The van der Waals surface area contributed by atoms with Crippen LogP contribution in [-0.4, -0.2) is 55.5 Å². The zero-order valence-electron chi connectivity index (χ0n) is 19.5. The molecule has 9 nitrogen and oxygen atoms in total. The fourth-order valence-electron chi connectivity index (χ4n) is 4.29. The van der Waals surface area contributed by atoms with Gasteiger partial charge in [0.25, 0.3) is 5.91 Å². The number of hydrogen-bond acceptors (Lipinski definition) is 7. The number of nitrogens with one attached hydrogen (secondary N) is 2. The third-order valence-electron chi connectivity index (χ3n) is 6.61. The Hall–Kier alpha value is -3.27. The molecule has 1 saturated carbocycles.